The Kier molecular flexibility index (Phi) is 4.68. The molecule has 5 rings (SSSR count). The van der Waals surface area contributed by atoms with Crippen LogP contribution in [0.2, 0.25) is 0 Å². The van der Waals surface area contributed by atoms with Gasteiger partial charge in [0.1, 0.15) is 5.82 Å². The van der Waals surface area contributed by atoms with Crippen molar-refractivity contribution in [1.82, 2.24) is 35.1 Å². The molecule has 1 aliphatic heterocycles. The van der Waals surface area contributed by atoms with Crippen molar-refractivity contribution in [2.45, 2.75) is 19.5 Å². The molecule has 1 aromatic carbocycles. The normalized spacial score (nSPS) is 13.9. The fraction of sp³-hybridized carbons (Fsp3) is 0.227. The van der Waals surface area contributed by atoms with E-state index >= 15 is 0 Å². The minimum atomic E-state index is -0.154. The third-order valence-corrected chi connectivity index (χ3v) is 5.37. The minimum Gasteiger partial charge on any atom is -0.345 e. The lowest BCUT2D eigenvalue weighted by atomic mass is 10.0. The summed E-state index contributed by atoms with van der Waals surface area (Å²) < 4.78 is 0. The van der Waals surface area contributed by atoms with E-state index in [1.54, 1.807) is 30.9 Å². The number of carbonyl (C=O) groups excluding carboxylic acids is 1. The fourth-order valence-corrected chi connectivity index (χ4v) is 3.72. The topological polar surface area (TPSA) is 99.7 Å². The van der Waals surface area contributed by atoms with Gasteiger partial charge in [-0.05, 0) is 24.7 Å². The van der Waals surface area contributed by atoms with Gasteiger partial charge in [-0.3, -0.25) is 9.78 Å². The van der Waals surface area contributed by atoms with E-state index in [1.807, 2.05) is 18.3 Å². The smallest absolute Gasteiger partial charge is 0.251 e. The number of hydrogen-bond donors (Lipinski definition) is 2. The zero-order chi connectivity index (χ0) is 20.5. The first-order valence-electron chi connectivity index (χ1n) is 9.85. The lowest BCUT2D eigenvalue weighted by Gasteiger charge is -2.23. The highest BCUT2D eigenvalue weighted by Gasteiger charge is 2.16. The highest BCUT2D eigenvalue weighted by atomic mass is 16.1. The summed E-state index contributed by atoms with van der Waals surface area (Å²) in [5.41, 5.74) is 6.45. The molecule has 8 heteroatoms. The maximum Gasteiger partial charge on any atom is 0.251 e. The summed E-state index contributed by atoms with van der Waals surface area (Å²) in [7, 11) is 2.09. The number of H-pyrrole nitrogens is 1. The van der Waals surface area contributed by atoms with Gasteiger partial charge in [0.15, 0.2) is 0 Å². The molecule has 0 saturated heterocycles. The number of amides is 1. The van der Waals surface area contributed by atoms with E-state index in [4.69, 9.17) is 0 Å². The number of pyridine rings is 1. The van der Waals surface area contributed by atoms with Crippen LogP contribution in [0.5, 0.6) is 0 Å². The second kappa shape index (κ2) is 7.64. The molecule has 0 radical (unpaired) electrons. The number of nitrogens with one attached hydrogen (secondary N) is 2. The van der Waals surface area contributed by atoms with Crippen molar-refractivity contribution in [1.29, 1.82) is 0 Å². The molecule has 0 aliphatic carbocycles. The Balaban J connectivity index is 1.27. The number of aromatic nitrogens is 5. The molecule has 30 heavy (non-hydrogen) atoms. The Hall–Kier alpha value is -3.65. The first kappa shape index (κ1) is 18.4. The molecule has 3 aromatic heterocycles. The number of carbonyl (C=O) groups is 1. The molecular formula is C22H21N7O. The van der Waals surface area contributed by atoms with Gasteiger partial charge in [-0.25, -0.2) is 15.0 Å². The molecule has 0 saturated carbocycles. The zero-order valence-electron chi connectivity index (χ0n) is 16.6. The Bertz CT molecular complexity index is 1220. The predicted octanol–water partition coefficient (Wildman–Crippen LogP) is 2.33. The van der Waals surface area contributed by atoms with Crippen molar-refractivity contribution in [2.24, 2.45) is 0 Å². The van der Waals surface area contributed by atoms with Crippen LogP contribution in [-0.4, -0.2) is 49.3 Å². The van der Waals surface area contributed by atoms with Crippen molar-refractivity contribution in [3.05, 3.63) is 71.8 Å². The molecule has 0 unspecified atom stereocenters. The second-order valence-corrected chi connectivity index (χ2v) is 7.49. The molecule has 150 valence electrons. The van der Waals surface area contributed by atoms with Gasteiger partial charge >= 0.3 is 0 Å². The molecule has 0 bridgehead atoms. The molecule has 0 fully saturated rings. The molecule has 4 aromatic rings. The van der Waals surface area contributed by atoms with Gasteiger partial charge in [-0.15, -0.1) is 0 Å². The zero-order valence-corrected chi connectivity index (χ0v) is 16.6. The second-order valence-electron chi connectivity index (χ2n) is 7.49. The van der Waals surface area contributed by atoms with Crippen LogP contribution in [-0.2, 0) is 19.5 Å². The number of fused-ring (bicyclic) bond motifs is 2. The number of hydrogen-bond acceptors (Lipinski definition) is 6. The Morgan fingerprint density at radius 1 is 1.17 bits per heavy atom. The highest BCUT2D eigenvalue weighted by Crippen LogP contribution is 2.25. The molecular weight excluding hydrogens is 378 g/mol. The number of benzene rings is 1. The van der Waals surface area contributed by atoms with E-state index in [9.17, 15) is 4.79 Å². The first-order chi connectivity index (χ1) is 14.7. The van der Waals surface area contributed by atoms with Crippen molar-refractivity contribution >= 4 is 16.9 Å². The van der Waals surface area contributed by atoms with Crippen molar-refractivity contribution in [3.63, 3.8) is 0 Å². The number of imidazole rings is 1. The lowest BCUT2D eigenvalue weighted by Crippen LogP contribution is -2.29. The van der Waals surface area contributed by atoms with Crippen LogP contribution >= 0.6 is 0 Å². The molecule has 4 heterocycles. The van der Waals surface area contributed by atoms with Crippen LogP contribution in [0.3, 0.4) is 0 Å². The van der Waals surface area contributed by atoms with E-state index in [0.717, 1.165) is 52.9 Å². The summed E-state index contributed by atoms with van der Waals surface area (Å²) in [4.78, 5) is 35.5. The molecule has 0 atom stereocenters. The van der Waals surface area contributed by atoms with E-state index in [-0.39, 0.29) is 5.91 Å². The van der Waals surface area contributed by atoms with Crippen LogP contribution in [0.1, 0.15) is 27.4 Å². The van der Waals surface area contributed by atoms with Gasteiger partial charge in [-0.1, -0.05) is 12.1 Å². The maximum atomic E-state index is 12.6. The maximum absolute atomic E-state index is 12.6. The van der Waals surface area contributed by atoms with Crippen LogP contribution in [0.25, 0.3) is 22.2 Å². The average molecular weight is 399 g/mol. The first-order valence-corrected chi connectivity index (χ1v) is 9.85. The molecule has 1 amide bonds. The third-order valence-electron chi connectivity index (χ3n) is 5.37. The standard InChI is InChI=1S/C22H21N7O/c1-29-7-6-18-16(12-29)8-24-20(28-18)11-25-22(30)15-4-2-14(3-5-15)17-9-23-10-19-21(17)27-13-26-19/h2-5,8-10,13H,6-7,11-12H2,1H3,(H,25,30)(H,26,27). The van der Waals surface area contributed by atoms with Gasteiger partial charge in [-0.2, -0.15) is 0 Å². The van der Waals surface area contributed by atoms with Crippen molar-refractivity contribution < 1.29 is 4.79 Å². The number of aromatic amines is 1. The molecule has 0 spiro atoms. The Labute approximate surface area is 173 Å². The summed E-state index contributed by atoms with van der Waals surface area (Å²) in [5.74, 6) is 0.485. The lowest BCUT2D eigenvalue weighted by molar-refractivity contribution is 0.0950. The summed E-state index contributed by atoms with van der Waals surface area (Å²) >= 11 is 0. The third kappa shape index (κ3) is 3.53. The highest BCUT2D eigenvalue weighted by molar-refractivity contribution is 5.96. The van der Waals surface area contributed by atoms with Gasteiger partial charge < -0.3 is 15.2 Å². The van der Waals surface area contributed by atoms with Crippen molar-refractivity contribution in [3.8, 4) is 11.1 Å². The van der Waals surface area contributed by atoms with E-state index < -0.39 is 0 Å². The SMILES string of the molecule is CN1CCc2nc(CNC(=O)c3ccc(-c4cncc5[nH]cnc45)cc3)ncc2C1. The van der Waals surface area contributed by atoms with Gasteiger partial charge in [0.2, 0.25) is 0 Å². The predicted molar refractivity (Wildman–Crippen MR) is 113 cm³/mol. The van der Waals surface area contributed by atoms with Crippen LogP contribution in [0.4, 0.5) is 0 Å². The summed E-state index contributed by atoms with van der Waals surface area (Å²) in [6.07, 6.45) is 7.96. The number of rotatable bonds is 4. The quantitative estimate of drug-likeness (QED) is 0.546. The fourth-order valence-electron chi connectivity index (χ4n) is 3.72. The van der Waals surface area contributed by atoms with Crippen LogP contribution in [0, 0.1) is 0 Å². The van der Waals surface area contributed by atoms with E-state index in [0.29, 0.717) is 17.9 Å². The van der Waals surface area contributed by atoms with Crippen LogP contribution < -0.4 is 5.32 Å². The van der Waals surface area contributed by atoms with Crippen molar-refractivity contribution in [2.75, 3.05) is 13.6 Å². The molecule has 8 nitrogen and oxygen atoms in total. The largest absolute Gasteiger partial charge is 0.345 e. The van der Waals surface area contributed by atoms with E-state index in [2.05, 4.69) is 42.2 Å². The van der Waals surface area contributed by atoms with Gasteiger partial charge in [0.25, 0.3) is 5.91 Å². The number of nitrogens with zero attached hydrogens (tertiary/aromatic N) is 5. The van der Waals surface area contributed by atoms with Gasteiger partial charge in [0, 0.05) is 54.3 Å². The molecule has 2 N–H and O–H groups in total. The summed E-state index contributed by atoms with van der Waals surface area (Å²) in [6.45, 7) is 2.17. The average Bonchev–Trinajstić information content (AvgIpc) is 3.26. The Morgan fingerprint density at radius 3 is 2.90 bits per heavy atom. The summed E-state index contributed by atoms with van der Waals surface area (Å²) in [6, 6.07) is 7.43. The number of likely N-dealkylation sites (N-methyl/N-ethyl adjacent to an activating group) is 1. The monoisotopic (exact) mass is 399 g/mol. The van der Waals surface area contributed by atoms with E-state index in [1.165, 1.54) is 0 Å². The molecule has 1 aliphatic rings. The van der Waals surface area contributed by atoms with Crippen LogP contribution in [0.15, 0.2) is 49.2 Å². The minimum absolute atomic E-state index is 0.154. The summed E-state index contributed by atoms with van der Waals surface area (Å²) in [5, 5.41) is 2.91. The Morgan fingerprint density at radius 2 is 2.03 bits per heavy atom. The van der Waals surface area contributed by atoms with Gasteiger partial charge in [0.05, 0.1) is 30.1 Å².